The van der Waals surface area contributed by atoms with Crippen LogP contribution in [0.15, 0.2) is 0 Å². The topological polar surface area (TPSA) is 41.5 Å². The fourth-order valence-electron chi connectivity index (χ4n) is 1.80. The Labute approximate surface area is 113 Å². The SMILES string of the molecule is CCCCOCC(O)CNC(C)CCCC(C)C. The molecule has 0 aromatic rings. The summed E-state index contributed by atoms with van der Waals surface area (Å²) in [7, 11) is 0. The summed E-state index contributed by atoms with van der Waals surface area (Å²) >= 11 is 0. The molecule has 0 aliphatic carbocycles. The van der Waals surface area contributed by atoms with Crippen molar-refractivity contribution in [3.63, 3.8) is 0 Å². The van der Waals surface area contributed by atoms with Crippen molar-refractivity contribution in [1.29, 1.82) is 0 Å². The number of hydrogen-bond donors (Lipinski definition) is 2. The van der Waals surface area contributed by atoms with Crippen LogP contribution in [0.5, 0.6) is 0 Å². The maximum Gasteiger partial charge on any atom is 0.0897 e. The van der Waals surface area contributed by atoms with Gasteiger partial charge < -0.3 is 15.2 Å². The normalized spacial score (nSPS) is 15.0. The molecule has 110 valence electrons. The van der Waals surface area contributed by atoms with Crippen LogP contribution in [0.2, 0.25) is 0 Å². The second-order valence-electron chi connectivity index (χ2n) is 5.72. The van der Waals surface area contributed by atoms with E-state index in [-0.39, 0.29) is 6.10 Å². The molecule has 0 aromatic heterocycles. The van der Waals surface area contributed by atoms with Gasteiger partial charge in [-0.15, -0.1) is 0 Å². The highest BCUT2D eigenvalue weighted by atomic mass is 16.5. The minimum Gasteiger partial charge on any atom is -0.389 e. The van der Waals surface area contributed by atoms with E-state index in [0.717, 1.165) is 25.4 Å². The molecular formula is C15H33NO2. The molecule has 0 fully saturated rings. The molecule has 0 aliphatic rings. The molecule has 3 nitrogen and oxygen atoms in total. The van der Waals surface area contributed by atoms with E-state index >= 15 is 0 Å². The zero-order chi connectivity index (χ0) is 13.8. The Morgan fingerprint density at radius 3 is 2.44 bits per heavy atom. The number of aliphatic hydroxyl groups excluding tert-OH is 1. The van der Waals surface area contributed by atoms with Crippen LogP contribution < -0.4 is 5.32 Å². The Bertz CT molecular complexity index is 174. The third kappa shape index (κ3) is 12.3. The predicted octanol–water partition coefficient (Wildman–Crippen LogP) is 2.97. The average Bonchev–Trinajstić information content (AvgIpc) is 2.31. The van der Waals surface area contributed by atoms with Gasteiger partial charge >= 0.3 is 0 Å². The average molecular weight is 259 g/mol. The number of nitrogens with one attached hydrogen (secondary N) is 1. The smallest absolute Gasteiger partial charge is 0.0897 e. The van der Waals surface area contributed by atoms with E-state index in [9.17, 15) is 5.11 Å². The second kappa shape index (κ2) is 11.9. The number of aliphatic hydroxyl groups is 1. The van der Waals surface area contributed by atoms with Crippen molar-refractivity contribution in [3.8, 4) is 0 Å². The maximum atomic E-state index is 9.72. The molecule has 0 saturated carbocycles. The highest BCUT2D eigenvalue weighted by molar-refractivity contribution is 4.65. The van der Waals surface area contributed by atoms with Gasteiger partial charge in [-0.2, -0.15) is 0 Å². The van der Waals surface area contributed by atoms with Crippen molar-refractivity contribution in [2.24, 2.45) is 5.92 Å². The van der Waals surface area contributed by atoms with Crippen LogP contribution in [0, 0.1) is 5.92 Å². The van der Waals surface area contributed by atoms with Crippen LogP contribution in [0.3, 0.4) is 0 Å². The molecular weight excluding hydrogens is 226 g/mol. The summed E-state index contributed by atoms with van der Waals surface area (Å²) < 4.78 is 5.39. The molecule has 0 spiro atoms. The van der Waals surface area contributed by atoms with Crippen molar-refractivity contribution < 1.29 is 9.84 Å². The van der Waals surface area contributed by atoms with Gasteiger partial charge in [-0.3, -0.25) is 0 Å². The third-order valence-electron chi connectivity index (χ3n) is 3.07. The van der Waals surface area contributed by atoms with Crippen LogP contribution in [0.1, 0.15) is 59.8 Å². The van der Waals surface area contributed by atoms with Crippen molar-refractivity contribution >= 4 is 0 Å². The zero-order valence-corrected chi connectivity index (χ0v) is 12.7. The molecule has 18 heavy (non-hydrogen) atoms. The maximum absolute atomic E-state index is 9.72. The fraction of sp³-hybridized carbons (Fsp3) is 1.00. The van der Waals surface area contributed by atoms with E-state index < -0.39 is 0 Å². The highest BCUT2D eigenvalue weighted by Crippen LogP contribution is 2.08. The lowest BCUT2D eigenvalue weighted by Gasteiger charge is -2.17. The highest BCUT2D eigenvalue weighted by Gasteiger charge is 2.07. The van der Waals surface area contributed by atoms with Gasteiger partial charge in [0, 0.05) is 19.2 Å². The molecule has 0 heterocycles. The molecule has 2 atom stereocenters. The molecule has 2 unspecified atom stereocenters. The summed E-state index contributed by atoms with van der Waals surface area (Å²) in [6.45, 7) is 10.7. The van der Waals surface area contributed by atoms with Gasteiger partial charge in [0.2, 0.25) is 0 Å². The Morgan fingerprint density at radius 1 is 1.11 bits per heavy atom. The standard InChI is InChI=1S/C15H33NO2/c1-5-6-10-18-12-15(17)11-16-14(4)9-7-8-13(2)3/h13-17H,5-12H2,1-4H3. The number of unbranched alkanes of at least 4 members (excludes halogenated alkanes) is 1. The Kier molecular flexibility index (Phi) is 11.9. The van der Waals surface area contributed by atoms with Crippen LogP contribution in [-0.4, -0.2) is 37.0 Å². The van der Waals surface area contributed by atoms with E-state index in [0.29, 0.717) is 19.2 Å². The lowest BCUT2D eigenvalue weighted by atomic mass is 10.0. The molecule has 0 amide bonds. The van der Waals surface area contributed by atoms with E-state index in [1.807, 2.05) is 0 Å². The molecule has 0 rings (SSSR count). The van der Waals surface area contributed by atoms with Gasteiger partial charge in [-0.25, -0.2) is 0 Å². The summed E-state index contributed by atoms with van der Waals surface area (Å²) in [6.07, 6.45) is 5.56. The summed E-state index contributed by atoms with van der Waals surface area (Å²) in [5, 5.41) is 13.1. The number of rotatable bonds is 12. The van der Waals surface area contributed by atoms with Gasteiger partial charge in [0.1, 0.15) is 0 Å². The second-order valence-corrected chi connectivity index (χ2v) is 5.72. The Hall–Kier alpha value is -0.120. The summed E-state index contributed by atoms with van der Waals surface area (Å²) in [5.41, 5.74) is 0. The van der Waals surface area contributed by atoms with E-state index in [4.69, 9.17) is 4.74 Å². The quantitative estimate of drug-likeness (QED) is 0.529. The fourth-order valence-corrected chi connectivity index (χ4v) is 1.80. The minimum absolute atomic E-state index is 0.380. The van der Waals surface area contributed by atoms with Crippen molar-refractivity contribution in [3.05, 3.63) is 0 Å². The first-order valence-corrected chi connectivity index (χ1v) is 7.55. The van der Waals surface area contributed by atoms with Gasteiger partial charge in [0.15, 0.2) is 0 Å². The van der Waals surface area contributed by atoms with E-state index in [2.05, 4.69) is 33.0 Å². The van der Waals surface area contributed by atoms with Gasteiger partial charge in [-0.05, 0) is 25.7 Å². The van der Waals surface area contributed by atoms with E-state index in [1.165, 1.54) is 19.3 Å². The predicted molar refractivity (Wildman–Crippen MR) is 77.9 cm³/mol. The van der Waals surface area contributed by atoms with Gasteiger partial charge in [0.25, 0.3) is 0 Å². The molecule has 0 aliphatic heterocycles. The largest absolute Gasteiger partial charge is 0.389 e. The minimum atomic E-state index is -0.380. The Balaban J connectivity index is 3.38. The monoisotopic (exact) mass is 259 g/mol. The molecule has 3 heteroatoms. The Morgan fingerprint density at radius 2 is 1.83 bits per heavy atom. The number of hydrogen-bond acceptors (Lipinski definition) is 3. The van der Waals surface area contributed by atoms with Gasteiger partial charge in [-0.1, -0.05) is 40.0 Å². The molecule has 0 bridgehead atoms. The van der Waals surface area contributed by atoms with Crippen molar-refractivity contribution in [1.82, 2.24) is 5.32 Å². The van der Waals surface area contributed by atoms with Crippen LogP contribution >= 0.6 is 0 Å². The van der Waals surface area contributed by atoms with E-state index in [1.54, 1.807) is 0 Å². The lowest BCUT2D eigenvalue weighted by Crippen LogP contribution is -2.36. The number of ether oxygens (including phenoxy) is 1. The zero-order valence-electron chi connectivity index (χ0n) is 12.7. The third-order valence-corrected chi connectivity index (χ3v) is 3.07. The van der Waals surface area contributed by atoms with Crippen molar-refractivity contribution in [2.45, 2.75) is 71.9 Å². The van der Waals surface area contributed by atoms with Crippen molar-refractivity contribution in [2.75, 3.05) is 19.8 Å². The summed E-state index contributed by atoms with van der Waals surface area (Å²) in [5.74, 6) is 0.787. The first-order chi connectivity index (χ1) is 8.56. The molecule has 2 N–H and O–H groups in total. The first-order valence-electron chi connectivity index (χ1n) is 7.55. The lowest BCUT2D eigenvalue weighted by molar-refractivity contribution is 0.0347. The van der Waals surface area contributed by atoms with Gasteiger partial charge in [0.05, 0.1) is 12.7 Å². The molecule has 0 radical (unpaired) electrons. The van der Waals surface area contributed by atoms with Crippen LogP contribution in [-0.2, 0) is 4.74 Å². The molecule has 0 aromatic carbocycles. The molecule has 0 saturated heterocycles. The summed E-state index contributed by atoms with van der Waals surface area (Å²) in [4.78, 5) is 0. The summed E-state index contributed by atoms with van der Waals surface area (Å²) in [6, 6.07) is 0.481. The first kappa shape index (κ1) is 17.9. The van der Waals surface area contributed by atoms with Crippen LogP contribution in [0.25, 0.3) is 0 Å². The van der Waals surface area contributed by atoms with Crippen LogP contribution in [0.4, 0.5) is 0 Å².